The fourth-order valence-electron chi connectivity index (χ4n) is 4.39. The number of carbonyl (C=O) groups is 2. The zero-order chi connectivity index (χ0) is 22.2. The van der Waals surface area contributed by atoms with Crippen LogP contribution >= 0.6 is 0 Å². The molecule has 6 nitrogen and oxygen atoms in total. The summed E-state index contributed by atoms with van der Waals surface area (Å²) in [5.41, 5.74) is 0.887. The number of likely N-dealkylation sites (tertiary alicyclic amines) is 2. The van der Waals surface area contributed by atoms with Gasteiger partial charge >= 0.3 is 0 Å². The summed E-state index contributed by atoms with van der Waals surface area (Å²) < 4.78 is 11.1. The first kappa shape index (κ1) is 23.2. The van der Waals surface area contributed by atoms with E-state index >= 15 is 0 Å². The van der Waals surface area contributed by atoms with Crippen molar-refractivity contribution in [3.63, 3.8) is 0 Å². The monoisotopic (exact) mass is 428 g/mol. The average molecular weight is 429 g/mol. The van der Waals surface area contributed by atoms with Crippen molar-refractivity contribution in [1.82, 2.24) is 9.80 Å². The molecule has 0 aliphatic carbocycles. The molecule has 2 heterocycles. The number of piperidine rings is 2. The zero-order valence-corrected chi connectivity index (χ0v) is 19.1. The normalized spacial score (nSPS) is 20.2. The lowest BCUT2D eigenvalue weighted by molar-refractivity contribution is -0.140. The molecule has 0 bridgehead atoms. The molecule has 0 saturated carbocycles. The van der Waals surface area contributed by atoms with Crippen LogP contribution in [0.5, 0.6) is 11.5 Å². The van der Waals surface area contributed by atoms with Gasteiger partial charge < -0.3 is 19.3 Å². The van der Waals surface area contributed by atoms with E-state index in [-0.39, 0.29) is 17.7 Å². The van der Waals surface area contributed by atoms with Crippen LogP contribution in [0.25, 0.3) is 6.08 Å². The Hall–Kier alpha value is -2.50. The standard InChI is InChI=1S/C25H36N2O4/c1-4-16-31-22-9-7-20(17-23(22)30-3)8-10-24(28)26-14-11-21(12-15-26)25(29)27-13-5-6-19(2)18-27/h7-10,17,19,21H,4-6,11-16,18H2,1-3H3. The number of benzene rings is 1. The lowest BCUT2D eigenvalue weighted by Crippen LogP contribution is -2.46. The van der Waals surface area contributed by atoms with Gasteiger partial charge in [-0.1, -0.05) is 19.9 Å². The molecule has 3 rings (SSSR count). The molecule has 31 heavy (non-hydrogen) atoms. The van der Waals surface area contributed by atoms with Crippen LogP contribution in [0.3, 0.4) is 0 Å². The summed E-state index contributed by atoms with van der Waals surface area (Å²) in [6.45, 7) is 7.95. The van der Waals surface area contributed by atoms with E-state index in [1.807, 2.05) is 28.0 Å². The molecule has 1 aromatic carbocycles. The molecule has 0 aromatic heterocycles. The van der Waals surface area contributed by atoms with Crippen LogP contribution in [-0.2, 0) is 9.59 Å². The van der Waals surface area contributed by atoms with E-state index in [0.29, 0.717) is 37.1 Å². The summed E-state index contributed by atoms with van der Waals surface area (Å²) in [6.07, 6.45) is 8.16. The molecule has 2 aliphatic rings. The molecule has 2 fully saturated rings. The number of carbonyl (C=O) groups excluding carboxylic acids is 2. The minimum atomic E-state index is -0.0113. The summed E-state index contributed by atoms with van der Waals surface area (Å²) in [7, 11) is 1.61. The number of hydrogen-bond donors (Lipinski definition) is 0. The largest absolute Gasteiger partial charge is 0.493 e. The van der Waals surface area contributed by atoms with Crippen LogP contribution in [0.4, 0.5) is 0 Å². The van der Waals surface area contributed by atoms with Gasteiger partial charge in [-0.05, 0) is 61.8 Å². The van der Waals surface area contributed by atoms with Crippen LogP contribution in [0, 0.1) is 11.8 Å². The molecule has 0 spiro atoms. The highest BCUT2D eigenvalue weighted by Gasteiger charge is 2.31. The van der Waals surface area contributed by atoms with Gasteiger partial charge in [-0.15, -0.1) is 0 Å². The molecule has 0 N–H and O–H groups in total. The predicted octanol–water partition coefficient (Wildman–Crippen LogP) is 3.99. The Balaban J connectivity index is 1.51. The fourth-order valence-corrected chi connectivity index (χ4v) is 4.39. The first-order chi connectivity index (χ1) is 15.0. The van der Waals surface area contributed by atoms with Gasteiger partial charge in [0.25, 0.3) is 0 Å². The molecule has 2 amide bonds. The Morgan fingerprint density at radius 2 is 1.87 bits per heavy atom. The number of ether oxygens (including phenoxy) is 2. The summed E-state index contributed by atoms with van der Waals surface area (Å²) >= 11 is 0. The third kappa shape index (κ3) is 6.25. The van der Waals surface area contributed by atoms with Crippen molar-refractivity contribution in [1.29, 1.82) is 0 Å². The SMILES string of the molecule is CCCOc1ccc(C=CC(=O)N2CCC(C(=O)N3CCCC(C)C3)CC2)cc1OC. The maximum Gasteiger partial charge on any atom is 0.246 e. The van der Waals surface area contributed by atoms with E-state index in [4.69, 9.17) is 9.47 Å². The summed E-state index contributed by atoms with van der Waals surface area (Å²) in [6, 6.07) is 5.66. The van der Waals surface area contributed by atoms with Crippen molar-refractivity contribution in [3.05, 3.63) is 29.8 Å². The first-order valence-corrected chi connectivity index (χ1v) is 11.6. The van der Waals surface area contributed by atoms with Crippen molar-refractivity contribution in [3.8, 4) is 11.5 Å². The van der Waals surface area contributed by atoms with Gasteiger partial charge in [0.1, 0.15) is 0 Å². The number of methoxy groups -OCH3 is 1. The molecule has 170 valence electrons. The molecular weight excluding hydrogens is 392 g/mol. The minimum Gasteiger partial charge on any atom is -0.493 e. The molecule has 1 aromatic rings. The van der Waals surface area contributed by atoms with E-state index in [9.17, 15) is 9.59 Å². The Bertz CT molecular complexity index is 784. The highest BCUT2D eigenvalue weighted by molar-refractivity contribution is 5.92. The minimum absolute atomic E-state index is 0.0113. The molecular formula is C25H36N2O4. The number of hydrogen-bond acceptors (Lipinski definition) is 4. The van der Waals surface area contributed by atoms with Gasteiger partial charge in [0, 0.05) is 38.2 Å². The third-order valence-corrected chi connectivity index (χ3v) is 6.19. The Morgan fingerprint density at radius 3 is 2.55 bits per heavy atom. The molecule has 1 atom stereocenters. The summed E-state index contributed by atoms with van der Waals surface area (Å²) in [5.74, 6) is 2.29. The smallest absolute Gasteiger partial charge is 0.246 e. The van der Waals surface area contributed by atoms with Crippen molar-refractivity contribution < 1.29 is 19.1 Å². The highest BCUT2D eigenvalue weighted by atomic mass is 16.5. The predicted molar refractivity (Wildman–Crippen MR) is 122 cm³/mol. The second-order valence-corrected chi connectivity index (χ2v) is 8.72. The lowest BCUT2D eigenvalue weighted by Gasteiger charge is -2.37. The quantitative estimate of drug-likeness (QED) is 0.616. The van der Waals surface area contributed by atoms with Gasteiger partial charge in [0.2, 0.25) is 11.8 Å². The van der Waals surface area contributed by atoms with E-state index < -0.39 is 0 Å². The van der Waals surface area contributed by atoms with Crippen LogP contribution in [0.2, 0.25) is 0 Å². The van der Waals surface area contributed by atoms with Crippen LogP contribution in [-0.4, -0.2) is 61.5 Å². The first-order valence-electron chi connectivity index (χ1n) is 11.6. The maximum absolute atomic E-state index is 12.8. The number of nitrogens with zero attached hydrogens (tertiary/aromatic N) is 2. The average Bonchev–Trinajstić information content (AvgIpc) is 2.81. The fraction of sp³-hybridized carbons (Fsp3) is 0.600. The van der Waals surface area contributed by atoms with Gasteiger partial charge in [-0.2, -0.15) is 0 Å². The van der Waals surface area contributed by atoms with Crippen LogP contribution < -0.4 is 9.47 Å². The van der Waals surface area contributed by atoms with E-state index in [2.05, 4.69) is 13.8 Å². The number of rotatable bonds is 7. The lowest BCUT2D eigenvalue weighted by atomic mass is 9.92. The summed E-state index contributed by atoms with van der Waals surface area (Å²) in [5, 5.41) is 0. The second kappa shape index (κ2) is 11.2. The molecule has 2 saturated heterocycles. The highest BCUT2D eigenvalue weighted by Crippen LogP contribution is 2.29. The second-order valence-electron chi connectivity index (χ2n) is 8.72. The van der Waals surface area contributed by atoms with E-state index in [0.717, 1.165) is 44.3 Å². The van der Waals surface area contributed by atoms with Crippen molar-refractivity contribution in [2.45, 2.75) is 46.0 Å². The van der Waals surface area contributed by atoms with Gasteiger partial charge in [-0.25, -0.2) is 0 Å². The zero-order valence-electron chi connectivity index (χ0n) is 19.1. The maximum atomic E-state index is 12.8. The molecule has 6 heteroatoms. The van der Waals surface area contributed by atoms with Gasteiger partial charge in [0.05, 0.1) is 13.7 Å². The van der Waals surface area contributed by atoms with Crippen molar-refractivity contribution in [2.75, 3.05) is 39.9 Å². The topological polar surface area (TPSA) is 59.1 Å². The van der Waals surface area contributed by atoms with Crippen molar-refractivity contribution >= 4 is 17.9 Å². The van der Waals surface area contributed by atoms with Crippen LogP contribution in [0.15, 0.2) is 24.3 Å². The van der Waals surface area contributed by atoms with E-state index in [1.54, 1.807) is 19.3 Å². The molecule has 2 aliphatic heterocycles. The van der Waals surface area contributed by atoms with Crippen molar-refractivity contribution in [2.24, 2.45) is 11.8 Å². The van der Waals surface area contributed by atoms with E-state index in [1.165, 1.54) is 6.42 Å². The Labute approximate surface area is 186 Å². The third-order valence-electron chi connectivity index (χ3n) is 6.19. The number of amides is 2. The molecule has 0 radical (unpaired) electrons. The Kier molecular flexibility index (Phi) is 8.38. The Morgan fingerprint density at radius 1 is 1.10 bits per heavy atom. The van der Waals surface area contributed by atoms with Gasteiger partial charge in [-0.3, -0.25) is 9.59 Å². The molecule has 1 unspecified atom stereocenters. The summed E-state index contributed by atoms with van der Waals surface area (Å²) in [4.78, 5) is 29.4. The van der Waals surface area contributed by atoms with Crippen LogP contribution in [0.1, 0.15) is 51.5 Å². The van der Waals surface area contributed by atoms with Gasteiger partial charge in [0.15, 0.2) is 11.5 Å².